The van der Waals surface area contributed by atoms with E-state index in [0.717, 1.165) is 5.56 Å². The summed E-state index contributed by atoms with van der Waals surface area (Å²) in [6.45, 7) is 0.904. The topological polar surface area (TPSA) is 32.3 Å². The second-order valence-corrected chi connectivity index (χ2v) is 5.07. The van der Waals surface area contributed by atoms with Crippen LogP contribution in [0.3, 0.4) is 0 Å². The summed E-state index contributed by atoms with van der Waals surface area (Å²) in [5.74, 6) is -0.529. The van der Waals surface area contributed by atoms with Gasteiger partial charge in [-0.3, -0.25) is 9.69 Å². The van der Waals surface area contributed by atoms with E-state index in [1.165, 1.54) is 12.1 Å². The molecule has 0 saturated heterocycles. The van der Waals surface area contributed by atoms with Crippen molar-refractivity contribution in [1.82, 2.24) is 4.90 Å². The maximum atomic E-state index is 13.0. The second kappa shape index (κ2) is 8.10. The fourth-order valence-corrected chi connectivity index (χ4v) is 2.01. The van der Waals surface area contributed by atoms with E-state index in [1.54, 1.807) is 12.1 Å². The number of anilines is 1. The van der Waals surface area contributed by atoms with Crippen LogP contribution in [0.5, 0.6) is 0 Å². The van der Waals surface area contributed by atoms with Crippen molar-refractivity contribution in [2.45, 2.75) is 0 Å². The van der Waals surface area contributed by atoms with E-state index in [0.29, 0.717) is 12.2 Å². The van der Waals surface area contributed by atoms with Crippen molar-refractivity contribution in [3.05, 3.63) is 72.1 Å². The third kappa shape index (κ3) is 5.50. The monoisotopic (exact) mass is 298 g/mol. The molecule has 0 heterocycles. The average molecular weight is 298 g/mol. The van der Waals surface area contributed by atoms with Gasteiger partial charge < -0.3 is 5.32 Å². The standard InChI is InChI=1S/C18H19FN2O/c1-21(12-6-9-15-7-3-2-4-8-15)14-18(22)20-17-11-5-10-16(19)13-17/h2-11,13H,12,14H2,1H3,(H,20,22)/b9-6+. The van der Waals surface area contributed by atoms with E-state index in [1.807, 2.05) is 54.4 Å². The van der Waals surface area contributed by atoms with E-state index in [-0.39, 0.29) is 18.3 Å². The van der Waals surface area contributed by atoms with Gasteiger partial charge in [-0.1, -0.05) is 48.6 Å². The average Bonchev–Trinajstić information content (AvgIpc) is 2.48. The fraction of sp³-hybridized carbons (Fsp3) is 0.167. The van der Waals surface area contributed by atoms with Gasteiger partial charge in [-0.15, -0.1) is 0 Å². The summed E-state index contributed by atoms with van der Waals surface area (Å²) in [6, 6.07) is 15.9. The number of hydrogen-bond donors (Lipinski definition) is 1. The van der Waals surface area contributed by atoms with Gasteiger partial charge in [-0.2, -0.15) is 0 Å². The summed E-state index contributed by atoms with van der Waals surface area (Å²) in [4.78, 5) is 13.8. The Kier molecular flexibility index (Phi) is 5.86. The molecule has 0 unspecified atom stereocenters. The molecule has 0 aromatic heterocycles. The number of amides is 1. The number of nitrogens with one attached hydrogen (secondary N) is 1. The van der Waals surface area contributed by atoms with E-state index in [2.05, 4.69) is 5.32 Å². The maximum absolute atomic E-state index is 13.0. The number of likely N-dealkylation sites (N-methyl/N-ethyl adjacent to an activating group) is 1. The first-order valence-electron chi connectivity index (χ1n) is 7.09. The molecule has 0 aliphatic carbocycles. The Morgan fingerprint density at radius 1 is 1.18 bits per heavy atom. The van der Waals surface area contributed by atoms with Crippen LogP contribution in [0.2, 0.25) is 0 Å². The van der Waals surface area contributed by atoms with Gasteiger partial charge in [0.1, 0.15) is 5.82 Å². The molecule has 0 fully saturated rings. The lowest BCUT2D eigenvalue weighted by Gasteiger charge is -2.14. The third-order valence-electron chi connectivity index (χ3n) is 3.05. The van der Waals surface area contributed by atoms with Gasteiger partial charge in [0, 0.05) is 12.2 Å². The summed E-state index contributed by atoms with van der Waals surface area (Å²) < 4.78 is 13.0. The van der Waals surface area contributed by atoms with Gasteiger partial charge in [-0.25, -0.2) is 4.39 Å². The predicted octanol–water partition coefficient (Wildman–Crippen LogP) is 3.41. The van der Waals surface area contributed by atoms with Crippen LogP contribution in [0.15, 0.2) is 60.7 Å². The highest BCUT2D eigenvalue weighted by molar-refractivity contribution is 5.92. The number of rotatable bonds is 6. The molecule has 0 aliphatic rings. The van der Waals surface area contributed by atoms with Crippen LogP contribution in [-0.4, -0.2) is 30.9 Å². The summed E-state index contributed by atoms with van der Waals surface area (Å²) >= 11 is 0. The molecule has 2 rings (SSSR count). The van der Waals surface area contributed by atoms with Crippen LogP contribution in [0.1, 0.15) is 5.56 Å². The van der Waals surface area contributed by atoms with Gasteiger partial charge in [0.05, 0.1) is 6.54 Å². The molecule has 2 aromatic rings. The number of carbonyl (C=O) groups excluding carboxylic acids is 1. The summed E-state index contributed by atoms with van der Waals surface area (Å²) in [7, 11) is 1.86. The van der Waals surface area contributed by atoms with Gasteiger partial charge >= 0.3 is 0 Å². The van der Waals surface area contributed by atoms with E-state index in [4.69, 9.17) is 0 Å². The van der Waals surface area contributed by atoms with E-state index < -0.39 is 0 Å². The highest BCUT2D eigenvalue weighted by Crippen LogP contribution is 2.08. The predicted molar refractivity (Wildman–Crippen MR) is 88.0 cm³/mol. The zero-order valence-corrected chi connectivity index (χ0v) is 12.5. The van der Waals surface area contributed by atoms with Crippen LogP contribution >= 0.6 is 0 Å². The van der Waals surface area contributed by atoms with Crippen molar-refractivity contribution in [2.24, 2.45) is 0 Å². The highest BCUT2D eigenvalue weighted by atomic mass is 19.1. The number of hydrogen-bond acceptors (Lipinski definition) is 2. The Morgan fingerprint density at radius 2 is 1.95 bits per heavy atom. The first-order valence-corrected chi connectivity index (χ1v) is 7.09. The minimum Gasteiger partial charge on any atom is -0.325 e. The number of halogens is 1. The molecule has 0 bridgehead atoms. The largest absolute Gasteiger partial charge is 0.325 e. The van der Waals surface area contributed by atoms with Gasteiger partial charge in [0.15, 0.2) is 0 Å². The van der Waals surface area contributed by atoms with Gasteiger partial charge in [-0.05, 0) is 30.8 Å². The molecular weight excluding hydrogens is 279 g/mol. The molecule has 22 heavy (non-hydrogen) atoms. The van der Waals surface area contributed by atoms with Crippen LogP contribution in [0.25, 0.3) is 6.08 Å². The van der Waals surface area contributed by atoms with Crippen LogP contribution in [-0.2, 0) is 4.79 Å². The van der Waals surface area contributed by atoms with Crippen molar-refractivity contribution >= 4 is 17.7 Å². The molecule has 1 N–H and O–H groups in total. The molecule has 3 nitrogen and oxygen atoms in total. The molecule has 0 saturated carbocycles. The molecule has 0 spiro atoms. The van der Waals surface area contributed by atoms with Crippen molar-refractivity contribution in [3.63, 3.8) is 0 Å². The second-order valence-electron chi connectivity index (χ2n) is 5.07. The summed E-state index contributed by atoms with van der Waals surface area (Å²) in [5, 5.41) is 2.68. The number of benzene rings is 2. The summed E-state index contributed by atoms with van der Waals surface area (Å²) in [5.41, 5.74) is 1.60. The normalized spacial score (nSPS) is 11.0. The Morgan fingerprint density at radius 3 is 2.68 bits per heavy atom. The van der Waals surface area contributed by atoms with E-state index >= 15 is 0 Å². The lowest BCUT2D eigenvalue weighted by Crippen LogP contribution is -2.30. The Hall–Kier alpha value is -2.46. The smallest absolute Gasteiger partial charge is 0.238 e. The first-order chi connectivity index (χ1) is 10.6. The third-order valence-corrected chi connectivity index (χ3v) is 3.05. The highest BCUT2D eigenvalue weighted by Gasteiger charge is 2.06. The Labute approximate surface area is 130 Å². The Balaban J connectivity index is 1.78. The van der Waals surface area contributed by atoms with Crippen molar-refractivity contribution in [2.75, 3.05) is 25.5 Å². The lowest BCUT2D eigenvalue weighted by molar-refractivity contribution is -0.116. The molecular formula is C18H19FN2O. The molecule has 0 atom stereocenters. The van der Waals surface area contributed by atoms with E-state index in [9.17, 15) is 9.18 Å². The fourth-order valence-electron chi connectivity index (χ4n) is 2.01. The van der Waals surface area contributed by atoms with Crippen LogP contribution in [0.4, 0.5) is 10.1 Å². The molecule has 2 aromatic carbocycles. The first kappa shape index (κ1) is 15.9. The Bertz CT molecular complexity index is 641. The van der Waals surface area contributed by atoms with Gasteiger partial charge in [0.25, 0.3) is 0 Å². The quantitative estimate of drug-likeness (QED) is 0.886. The maximum Gasteiger partial charge on any atom is 0.238 e. The minimum absolute atomic E-state index is 0.166. The minimum atomic E-state index is -0.364. The zero-order valence-electron chi connectivity index (χ0n) is 12.5. The molecule has 0 radical (unpaired) electrons. The SMILES string of the molecule is CN(C/C=C/c1ccccc1)CC(=O)Nc1cccc(F)c1. The zero-order chi connectivity index (χ0) is 15.8. The van der Waals surface area contributed by atoms with Crippen LogP contribution in [0, 0.1) is 5.82 Å². The lowest BCUT2D eigenvalue weighted by atomic mass is 10.2. The van der Waals surface area contributed by atoms with Gasteiger partial charge in [0.2, 0.25) is 5.91 Å². The number of carbonyl (C=O) groups is 1. The van der Waals surface area contributed by atoms with Crippen LogP contribution < -0.4 is 5.32 Å². The molecule has 114 valence electrons. The number of nitrogens with zero attached hydrogens (tertiary/aromatic N) is 1. The van der Waals surface area contributed by atoms with Crippen molar-refractivity contribution < 1.29 is 9.18 Å². The van der Waals surface area contributed by atoms with Crippen molar-refractivity contribution in [1.29, 1.82) is 0 Å². The summed E-state index contributed by atoms with van der Waals surface area (Å²) in [6.07, 6.45) is 4.02. The molecule has 0 aliphatic heterocycles. The van der Waals surface area contributed by atoms with Crippen molar-refractivity contribution in [3.8, 4) is 0 Å². The molecule has 1 amide bonds. The molecule has 4 heteroatoms.